The first-order chi connectivity index (χ1) is 10.5. The largest absolute Gasteiger partial charge is 0.481 e. The van der Waals surface area contributed by atoms with Gasteiger partial charge >= 0.3 is 5.97 Å². The van der Waals surface area contributed by atoms with Gasteiger partial charge in [-0.3, -0.25) is 14.7 Å². The number of carboxylic acid groups (broad SMARTS) is 1. The predicted octanol–water partition coefficient (Wildman–Crippen LogP) is 2.32. The van der Waals surface area contributed by atoms with E-state index < -0.39 is 11.4 Å². The molecule has 2 aromatic rings. The minimum absolute atomic E-state index is 0.135. The fourth-order valence-corrected chi connectivity index (χ4v) is 2.29. The van der Waals surface area contributed by atoms with Gasteiger partial charge in [-0.15, -0.1) is 0 Å². The van der Waals surface area contributed by atoms with Crippen LogP contribution in [0.3, 0.4) is 0 Å². The molecule has 1 fully saturated rings. The van der Waals surface area contributed by atoms with Crippen molar-refractivity contribution in [2.24, 2.45) is 5.41 Å². The molecular formula is C15H14ClN3O3. The van der Waals surface area contributed by atoms with Crippen molar-refractivity contribution in [1.29, 1.82) is 0 Å². The van der Waals surface area contributed by atoms with Crippen LogP contribution in [-0.4, -0.2) is 33.7 Å². The number of carbonyl (C=O) groups excluding carboxylic acids is 1. The summed E-state index contributed by atoms with van der Waals surface area (Å²) in [6.07, 6.45) is 1.20. The highest BCUT2D eigenvalue weighted by molar-refractivity contribution is 6.30. The first-order valence-corrected chi connectivity index (χ1v) is 7.21. The molecule has 3 rings (SSSR count). The monoisotopic (exact) mass is 319 g/mol. The van der Waals surface area contributed by atoms with Crippen molar-refractivity contribution in [3.05, 3.63) is 41.0 Å². The van der Waals surface area contributed by atoms with E-state index in [0.717, 1.165) is 5.56 Å². The summed E-state index contributed by atoms with van der Waals surface area (Å²) in [7, 11) is 0. The van der Waals surface area contributed by atoms with Crippen LogP contribution in [0.15, 0.2) is 30.3 Å². The molecule has 1 saturated carbocycles. The van der Waals surface area contributed by atoms with Gasteiger partial charge in [0.05, 0.1) is 11.1 Å². The van der Waals surface area contributed by atoms with Crippen LogP contribution < -0.4 is 5.32 Å². The van der Waals surface area contributed by atoms with Crippen molar-refractivity contribution in [2.75, 3.05) is 6.54 Å². The number of amides is 1. The van der Waals surface area contributed by atoms with E-state index in [1.807, 2.05) is 12.1 Å². The number of nitrogens with one attached hydrogen (secondary N) is 2. The van der Waals surface area contributed by atoms with Gasteiger partial charge < -0.3 is 10.4 Å². The van der Waals surface area contributed by atoms with E-state index in [1.165, 1.54) is 0 Å². The maximum atomic E-state index is 12.0. The Labute approximate surface area is 131 Å². The van der Waals surface area contributed by atoms with E-state index in [4.69, 9.17) is 16.7 Å². The van der Waals surface area contributed by atoms with Crippen molar-refractivity contribution in [3.8, 4) is 11.3 Å². The Morgan fingerprint density at radius 1 is 1.32 bits per heavy atom. The first-order valence-electron chi connectivity index (χ1n) is 6.83. The van der Waals surface area contributed by atoms with Gasteiger partial charge in [0.15, 0.2) is 0 Å². The van der Waals surface area contributed by atoms with Crippen LogP contribution in [0.2, 0.25) is 5.02 Å². The molecule has 0 unspecified atom stereocenters. The van der Waals surface area contributed by atoms with Crippen LogP contribution in [0.4, 0.5) is 0 Å². The molecule has 1 aliphatic rings. The van der Waals surface area contributed by atoms with Crippen molar-refractivity contribution >= 4 is 23.5 Å². The third kappa shape index (κ3) is 2.82. The molecule has 0 saturated heterocycles. The number of rotatable bonds is 5. The molecule has 1 aliphatic carbocycles. The number of aromatic amines is 1. The van der Waals surface area contributed by atoms with E-state index in [-0.39, 0.29) is 12.5 Å². The summed E-state index contributed by atoms with van der Waals surface area (Å²) < 4.78 is 0. The molecule has 1 aromatic carbocycles. The lowest BCUT2D eigenvalue weighted by Crippen LogP contribution is -2.34. The normalized spacial score (nSPS) is 15.3. The highest BCUT2D eigenvalue weighted by Gasteiger charge is 2.50. The summed E-state index contributed by atoms with van der Waals surface area (Å²) in [5.74, 6) is -1.22. The van der Waals surface area contributed by atoms with Gasteiger partial charge in [-0.1, -0.05) is 23.7 Å². The number of carbonyl (C=O) groups is 2. The molecule has 114 valence electrons. The Morgan fingerprint density at radius 2 is 2.00 bits per heavy atom. The van der Waals surface area contributed by atoms with E-state index in [0.29, 0.717) is 29.3 Å². The first kappa shape index (κ1) is 14.6. The average Bonchev–Trinajstić information content (AvgIpc) is 3.15. The van der Waals surface area contributed by atoms with E-state index >= 15 is 0 Å². The molecule has 0 spiro atoms. The van der Waals surface area contributed by atoms with Crippen LogP contribution in [0.25, 0.3) is 11.3 Å². The Kier molecular flexibility index (Phi) is 3.62. The number of aromatic nitrogens is 2. The van der Waals surface area contributed by atoms with Crippen molar-refractivity contribution in [3.63, 3.8) is 0 Å². The molecule has 0 radical (unpaired) electrons. The molecule has 0 bridgehead atoms. The number of benzene rings is 1. The van der Waals surface area contributed by atoms with Crippen LogP contribution >= 0.6 is 11.6 Å². The van der Waals surface area contributed by atoms with Gasteiger partial charge in [-0.05, 0) is 31.0 Å². The molecular weight excluding hydrogens is 306 g/mol. The molecule has 7 heteroatoms. The Hall–Kier alpha value is -2.34. The molecule has 1 aromatic heterocycles. The summed E-state index contributed by atoms with van der Waals surface area (Å²) in [5.41, 5.74) is 0.977. The average molecular weight is 320 g/mol. The summed E-state index contributed by atoms with van der Waals surface area (Å²) in [6.45, 7) is 0.135. The smallest absolute Gasteiger partial charge is 0.311 e. The second-order valence-corrected chi connectivity index (χ2v) is 5.88. The highest BCUT2D eigenvalue weighted by Crippen LogP contribution is 2.45. The van der Waals surface area contributed by atoms with Crippen LogP contribution in [0.5, 0.6) is 0 Å². The lowest BCUT2D eigenvalue weighted by molar-refractivity contribution is -0.143. The van der Waals surface area contributed by atoms with Gasteiger partial charge in [-0.2, -0.15) is 5.10 Å². The van der Waals surface area contributed by atoms with Gasteiger partial charge in [0.2, 0.25) is 0 Å². The lowest BCUT2D eigenvalue weighted by Gasteiger charge is -2.09. The number of H-pyrrole nitrogens is 1. The molecule has 3 N–H and O–H groups in total. The molecule has 6 nitrogen and oxygen atoms in total. The van der Waals surface area contributed by atoms with E-state index in [9.17, 15) is 9.59 Å². The number of hydrogen-bond donors (Lipinski definition) is 3. The Balaban J connectivity index is 1.67. The summed E-state index contributed by atoms with van der Waals surface area (Å²) in [4.78, 5) is 23.1. The lowest BCUT2D eigenvalue weighted by atomic mass is 10.1. The molecule has 0 atom stereocenters. The topological polar surface area (TPSA) is 95.1 Å². The summed E-state index contributed by atoms with van der Waals surface area (Å²) >= 11 is 5.83. The van der Waals surface area contributed by atoms with Crippen LogP contribution in [0.1, 0.15) is 23.3 Å². The minimum atomic E-state index is -0.862. The van der Waals surface area contributed by atoms with E-state index in [1.54, 1.807) is 18.2 Å². The zero-order chi connectivity index (χ0) is 15.7. The van der Waals surface area contributed by atoms with E-state index in [2.05, 4.69) is 15.5 Å². The molecule has 1 heterocycles. The zero-order valence-corrected chi connectivity index (χ0v) is 12.4. The third-order valence-electron chi connectivity index (χ3n) is 3.86. The van der Waals surface area contributed by atoms with Crippen molar-refractivity contribution < 1.29 is 14.7 Å². The van der Waals surface area contributed by atoms with Gasteiger partial charge in [0.25, 0.3) is 5.91 Å². The number of carboxylic acids is 1. The van der Waals surface area contributed by atoms with Gasteiger partial charge in [0.1, 0.15) is 5.69 Å². The van der Waals surface area contributed by atoms with Crippen LogP contribution in [0, 0.1) is 5.41 Å². The number of aliphatic carboxylic acids is 1. The fourth-order valence-electron chi connectivity index (χ4n) is 2.17. The maximum absolute atomic E-state index is 12.0. The molecule has 1 amide bonds. The maximum Gasteiger partial charge on any atom is 0.311 e. The van der Waals surface area contributed by atoms with Crippen molar-refractivity contribution in [1.82, 2.24) is 15.5 Å². The second-order valence-electron chi connectivity index (χ2n) is 5.44. The summed E-state index contributed by atoms with van der Waals surface area (Å²) in [6, 6.07) is 8.73. The predicted molar refractivity (Wildman–Crippen MR) is 80.7 cm³/mol. The highest BCUT2D eigenvalue weighted by atomic mass is 35.5. The third-order valence-corrected chi connectivity index (χ3v) is 4.11. The fraction of sp³-hybridized carbons (Fsp3) is 0.267. The van der Waals surface area contributed by atoms with Gasteiger partial charge in [-0.25, -0.2) is 0 Å². The number of nitrogens with zero attached hydrogens (tertiary/aromatic N) is 1. The standard InChI is InChI=1S/C15H14ClN3O3/c16-10-3-1-9(2-4-10)11-7-12(19-18-11)13(20)17-8-15(5-6-15)14(21)22/h1-4,7H,5-6,8H2,(H,17,20)(H,18,19)(H,21,22). The molecule has 0 aliphatic heterocycles. The Morgan fingerprint density at radius 3 is 2.59 bits per heavy atom. The second kappa shape index (κ2) is 5.46. The quantitative estimate of drug-likeness (QED) is 0.788. The number of halogens is 1. The number of hydrogen-bond acceptors (Lipinski definition) is 3. The Bertz CT molecular complexity index is 720. The van der Waals surface area contributed by atoms with Gasteiger partial charge in [0, 0.05) is 17.1 Å². The molecule has 22 heavy (non-hydrogen) atoms. The van der Waals surface area contributed by atoms with Crippen LogP contribution in [-0.2, 0) is 4.79 Å². The SMILES string of the molecule is O=C(NCC1(C(=O)O)CC1)c1cc(-c2ccc(Cl)cc2)n[nH]1. The minimum Gasteiger partial charge on any atom is -0.481 e. The zero-order valence-electron chi connectivity index (χ0n) is 11.6. The van der Waals surface area contributed by atoms with Crippen molar-refractivity contribution in [2.45, 2.75) is 12.8 Å². The summed E-state index contributed by atoms with van der Waals surface area (Å²) in [5, 5.41) is 19.1.